The van der Waals surface area contributed by atoms with Gasteiger partial charge >= 0.3 is 12.2 Å². The lowest BCUT2D eigenvalue weighted by molar-refractivity contribution is -0.137. The second kappa shape index (κ2) is 8.58. The smallest absolute Gasteiger partial charge is 0.339 e. The average Bonchev–Trinajstić information content (AvgIpc) is 3.24. The Morgan fingerprint density at radius 1 is 1.13 bits per heavy atom. The number of aromatic nitrogens is 2. The maximum absolute atomic E-state index is 12.8. The summed E-state index contributed by atoms with van der Waals surface area (Å²) in [6.07, 6.45) is -3.26. The van der Waals surface area contributed by atoms with Crippen LogP contribution >= 0.6 is 11.6 Å². The Morgan fingerprint density at radius 2 is 1.87 bits per heavy atom. The molecule has 10 heteroatoms. The first-order chi connectivity index (χ1) is 14.8. The molecule has 4 rings (SSSR count). The third kappa shape index (κ3) is 4.99. The fraction of sp³-hybridized carbons (Fsp3) is 0.286. The first-order valence-corrected chi connectivity index (χ1v) is 10.00. The van der Waals surface area contributed by atoms with E-state index in [1.807, 2.05) is 6.07 Å². The van der Waals surface area contributed by atoms with Gasteiger partial charge in [-0.1, -0.05) is 35.0 Å². The summed E-state index contributed by atoms with van der Waals surface area (Å²) in [5.41, 5.74) is 0.0429. The van der Waals surface area contributed by atoms with Crippen LogP contribution in [0.1, 0.15) is 30.2 Å². The number of halogens is 4. The monoisotopic (exact) mass is 450 g/mol. The number of rotatable bonds is 3. The predicted molar refractivity (Wildman–Crippen MR) is 109 cm³/mol. The molecular weight excluding hydrogens is 433 g/mol. The summed E-state index contributed by atoms with van der Waals surface area (Å²) in [7, 11) is 0. The minimum absolute atomic E-state index is 0.00181. The van der Waals surface area contributed by atoms with Crippen molar-refractivity contribution in [2.24, 2.45) is 0 Å². The van der Waals surface area contributed by atoms with Gasteiger partial charge in [-0.25, -0.2) is 4.79 Å². The molecule has 162 valence electrons. The van der Waals surface area contributed by atoms with Crippen molar-refractivity contribution in [3.8, 4) is 11.4 Å². The van der Waals surface area contributed by atoms with E-state index in [-0.39, 0.29) is 11.6 Å². The maximum Gasteiger partial charge on any atom is 0.416 e. The molecule has 1 aromatic heterocycles. The number of alkyl halides is 3. The highest BCUT2D eigenvalue weighted by molar-refractivity contribution is 6.30. The number of hydrogen-bond donors (Lipinski definition) is 1. The normalized spacial score (nSPS) is 15.2. The van der Waals surface area contributed by atoms with Crippen LogP contribution in [-0.4, -0.2) is 34.2 Å². The standard InChI is InChI=1S/C21H18ClF3N4O2/c22-16-5-1-3-14(11-16)18-27-19(31-28-18)13-7-9-29(10-8-13)20(30)26-17-6-2-4-15(12-17)21(23,24)25/h1-6,11-13H,7-10H2,(H,26,30). The number of hydrogen-bond acceptors (Lipinski definition) is 4. The van der Waals surface area contributed by atoms with Crippen LogP contribution in [0.15, 0.2) is 53.1 Å². The van der Waals surface area contributed by atoms with E-state index in [2.05, 4.69) is 15.5 Å². The van der Waals surface area contributed by atoms with E-state index in [1.54, 1.807) is 23.1 Å². The molecule has 0 saturated carbocycles. The summed E-state index contributed by atoms with van der Waals surface area (Å²) < 4.78 is 43.9. The van der Waals surface area contributed by atoms with E-state index in [0.29, 0.717) is 42.7 Å². The second-order valence-corrected chi connectivity index (χ2v) is 7.67. The third-order valence-corrected chi connectivity index (χ3v) is 5.33. The molecule has 0 atom stereocenters. The summed E-state index contributed by atoms with van der Waals surface area (Å²) in [4.78, 5) is 18.5. The Bertz CT molecular complexity index is 1080. The largest absolute Gasteiger partial charge is 0.416 e. The molecule has 0 bridgehead atoms. The molecule has 2 amide bonds. The topological polar surface area (TPSA) is 71.3 Å². The molecule has 6 nitrogen and oxygen atoms in total. The Kier molecular flexibility index (Phi) is 5.86. The molecule has 1 N–H and O–H groups in total. The van der Waals surface area contributed by atoms with Crippen LogP contribution in [0.4, 0.5) is 23.7 Å². The lowest BCUT2D eigenvalue weighted by Crippen LogP contribution is -2.40. The van der Waals surface area contributed by atoms with Gasteiger partial charge in [-0.2, -0.15) is 18.2 Å². The van der Waals surface area contributed by atoms with Gasteiger partial charge in [-0.05, 0) is 43.2 Å². The maximum atomic E-state index is 12.8. The van der Waals surface area contributed by atoms with Crippen LogP contribution in [0.25, 0.3) is 11.4 Å². The molecule has 1 saturated heterocycles. The zero-order valence-corrected chi connectivity index (χ0v) is 17.0. The molecule has 0 aliphatic carbocycles. The lowest BCUT2D eigenvalue weighted by atomic mass is 9.97. The molecule has 0 radical (unpaired) electrons. The van der Waals surface area contributed by atoms with Gasteiger partial charge in [-0.15, -0.1) is 0 Å². The predicted octanol–water partition coefficient (Wildman–Crippen LogP) is 5.82. The molecule has 1 aliphatic rings. The lowest BCUT2D eigenvalue weighted by Gasteiger charge is -2.30. The number of amides is 2. The fourth-order valence-corrected chi connectivity index (χ4v) is 3.64. The number of nitrogens with one attached hydrogen (secondary N) is 1. The summed E-state index contributed by atoms with van der Waals surface area (Å²) in [6, 6.07) is 11.3. The molecule has 2 heterocycles. The molecule has 3 aromatic rings. The van der Waals surface area contributed by atoms with Gasteiger partial charge in [0.05, 0.1) is 5.56 Å². The van der Waals surface area contributed by atoms with Gasteiger partial charge in [0.25, 0.3) is 0 Å². The Labute approximate surface area is 181 Å². The highest BCUT2D eigenvalue weighted by Gasteiger charge is 2.31. The molecule has 1 aliphatic heterocycles. The van der Waals surface area contributed by atoms with Crippen molar-refractivity contribution in [3.05, 3.63) is 65.0 Å². The van der Waals surface area contributed by atoms with Gasteiger partial charge in [0.15, 0.2) is 0 Å². The van der Waals surface area contributed by atoms with Crippen LogP contribution < -0.4 is 5.32 Å². The van der Waals surface area contributed by atoms with E-state index in [0.717, 1.165) is 17.7 Å². The Morgan fingerprint density at radius 3 is 2.58 bits per heavy atom. The molecule has 2 aromatic carbocycles. The summed E-state index contributed by atoms with van der Waals surface area (Å²) in [6.45, 7) is 0.842. The van der Waals surface area contributed by atoms with E-state index >= 15 is 0 Å². The molecule has 1 fully saturated rings. The fourth-order valence-electron chi connectivity index (χ4n) is 3.45. The number of likely N-dealkylation sites (tertiary alicyclic amines) is 1. The van der Waals surface area contributed by atoms with Gasteiger partial charge < -0.3 is 14.7 Å². The summed E-state index contributed by atoms with van der Waals surface area (Å²) in [5, 5.41) is 7.12. The molecule has 31 heavy (non-hydrogen) atoms. The number of carbonyl (C=O) groups excluding carboxylic acids is 1. The van der Waals surface area contributed by atoms with Crippen molar-refractivity contribution in [2.75, 3.05) is 18.4 Å². The second-order valence-electron chi connectivity index (χ2n) is 7.24. The van der Waals surface area contributed by atoms with Crippen LogP contribution in [0.3, 0.4) is 0 Å². The zero-order chi connectivity index (χ0) is 22.0. The highest BCUT2D eigenvalue weighted by Crippen LogP contribution is 2.32. The van der Waals surface area contributed by atoms with Crippen molar-refractivity contribution in [2.45, 2.75) is 24.9 Å². The number of urea groups is 1. The summed E-state index contributed by atoms with van der Waals surface area (Å²) >= 11 is 6.00. The quantitative estimate of drug-likeness (QED) is 0.545. The van der Waals surface area contributed by atoms with E-state index in [1.165, 1.54) is 12.1 Å². The Balaban J connectivity index is 1.35. The van der Waals surface area contributed by atoms with Gasteiger partial charge in [0.1, 0.15) is 0 Å². The highest BCUT2D eigenvalue weighted by atomic mass is 35.5. The number of nitrogens with zero attached hydrogens (tertiary/aromatic N) is 3. The molecule has 0 spiro atoms. The van der Waals surface area contributed by atoms with Crippen LogP contribution in [-0.2, 0) is 6.18 Å². The SMILES string of the molecule is O=C(Nc1cccc(C(F)(F)F)c1)N1CCC(c2nc(-c3cccc(Cl)c3)no2)CC1. The number of carbonyl (C=O) groups is 1. The van der Waals surface area contributed by atoms with Crippen LogP contribution in [0.5, 0.6) is 0 Å². The molecule has 0 unspecified atom stereocenters. The van der Waals surface area contributed by atoms with E-state index in [4.69, 9.17) is 16.1 Å². The number of piperidine rings is 1. The zero-order valence-electron chi connectivity index (χ0n) is 16.2. The van der Waals surface area contributed by atoms with E-state index in [9.17, 15) is 18.0 Å². The molecular formula is C21H18ClF3N4O2. The third-order valence-electron chi connectivity index (χ3n) is 5.10. The average molecular weight is 451 g/mol. The van der Waals surface area contributed by atoms with Crippen LogP contribution in [0.2, 0.25) is 5.02 Å². The van der Waals surface area contributed by atoms with Crippen molar-refractivity contribution in [3.63, 3.8) is 0 Å². The minimum Gasteiger partial charge on any atom is -0.339 e. The van der Waals surface area contributed by atoms with Crippen molar-refractivity contribution in [1.29, 1.82) is 0 Å². The summed E-state index contributed by atoms with van der Waals surface area (Å²) in [5.74, 6) is 0.938. The number of benzene rings is 2. The minimum atomic E-state index is -4.47. The number of anilines is 1. The first-order valence-electron chi connectivity index (χ1n) is 9.62. The Hall–Kier alpha value is -3.07. The van der Waals surface area contributed by atoms with Gasteiger partial charge in [0.2, 0.25) is 11.7 Å². The van der Waals surface area contributed by atoms with Gasteiger partial charge in [0, 0.05) is 35.3 Å². The van der Waals surface area contributed by atoms with Gasteiger partial charge in [-0.3, -0.25) is 0 Å². The van der Waals surface area contributed by atoms with Crippen LogP contribution in [0, 0.1) is 0 Å². The van der Waals surface area contributed by atoms with Crippen molar-refractivity contribution in [1.82, 2.24) is 15.0 Å². The van der Waals surface area contributed by atoms with Crippen molar-refractivity contribution >= 4 is 23.3 Å². The first kappa shape index (κ1) is 21.2. The van der Waals surface area contributed by atoms with E-state index < -0.39 is 17.8 Å². The van der Waals surface area contributed by atoms with Crippen molar-refractivity contribution < 1.29 is 22.5 Å².